The number of halogens is 1. The van der Waals surface area contributed by atoms with E-state index in [1.807, 2.05) is 12.1 Å². The molecule has 1 amide bonds. The van der Waals surface area contributed by atoms with E-state index in [9.17, 15) is 9.18 Å². The van der Waals surface area contributed by atoms with Gasteiger partial charge in [0.1, 0.15) is 17.3 Å². The zero-order valence-electron chi connectivity index (χ0n) is 17.2. The summed E-state index contributed by atoms with van der Waals surface area (Å²) in [6.45, 7) is 3.73. The molecule has 0 saturated heterocycles. The van der Waals surface area contributed by atoms with Gasteiger partial charge in [-0.1, -0.05) is 31.9 Å². The van der Waals surface area contributed by atoms with Crippen molar-refractivity contribution in [1.29, 1.82) is 0 Å². The number of hydrogen-bond acceptors (Lipinski definition) is 4. The molecule has 0 bridgehead atoms. The molecule has 156 valence electrons. The van der Waals surface area contributed by atoms with Gasteiger partial charge in [-0.25, -0.2) is 4.98 Å². The number of aryl methyl sites for hydroxylation is 2. The number of carbonyl (C=O) groups excluding carboxylic acids is 1. The van der Waals surface area contributed by atoms with Crippen LogP contribution in [0.5, 0.6) is 11.5 Å². The summed E-state index contributed by atoms with van der Waals surface area (Å²) in [5, 5.41) is 2.73. The van der Waals surface area contributed by atoms with Gasteiger partial charge in [-0.3, -0.25) is 4.79 Å². The molecule has 5 nitrogen and oxygen atoms in total. The number of anilines is 2. The first-order valence-electron chi connectivity index (χ1n) is 10.1. The van der Waals surface area contributed by atoms with Crippen LogP contribution in [0.15, 0.2) is 54.6 Å². The minimum atomic E-state index is -0.681. The number of aromatic nitrogens is 1. The third kappa shape index (κ3) is 5.56. The molecular weight excluding hydrogens is 381 g/mol. The Bertz CT molecular complexity index is 1000. The van der Waals surface area contributed by atoms with E-state index in [4.69, 9.17) is 10.5 Å². The molecule has 0 aliphatic carbocycles. The van der Waals surface area contributed by atoms with Gasteiger partial charge in [-0.2, -0.15) is 4.39 Å². The molecule has 0 spiro atoms. The van der Waals surface area contributed by atoms with Crippen LogP contribution < -0.4 is 15.8 Å². The molecular formula is C24H26FN3O2. The van der Waals surface area contributed by atoms with Crippen molar-refractivity contribution in [3.8, 4) is 11.5 Å². The van der Waals surface area contributed by atoms with E-state index in [2.05, 4.69) is 29.4 Å². The average molecular weight is 407 g/mol. The van der Waals surface area contributed by atoms with Crippen molar-refractivity contribution in [3.63, 3.8) is 0 Å². The van der Waals surface area contributed by atoms with E-state index in [1.165, 1.54) is 37.8 Å². The number of nitrogens with two attached hydrogens (primary N) is 1. The summed E-state index contributed by atoms with van der Waals surface area (Å²) in [6, 6.07) is 16.5. The molecule has 0 aliphatic heterocycles. The van der Waals surface area contributed by atoms with Crippen molar-refractivity contribution in [1.82, 2.24) is 4.98 Å². The molecule has 3 rings (SSSR count). The van der Waals surface area contributed by atoms with Crippen molar-refractivity contribution in [2.24, 2.45) is 0 Å². The quantitative estimate of drug-likeness (QED) is 0.361. The smallest absolute Gasteiger partial charge is 0.259 e. The molecule has 3 N–H and O–H groups in total. The highest BCUT2D eigenvalue weighted by molar-refractivity contribution is 6.07. The van der Waals surface area contributed by atoms with Gasteiger partial charge in [0.05, 0.1) is 5.56 Å². The molecule has 1 aromatic heterocycles. The Hall–Kier alpha value is -3.41. The number of rotatable bonds is 8. The van der Waals surface area contributed by atoms with Crippen LogP contribution in [0.1, 0.15) is 47.7 Å². The number of nitrogens with zero attached hydrogens (tertiary/aromatic N) is 1. The lowest BCUT2D eigenvalue weighted by Crippen LogP contribution is -2.16. The molecule has 0 saturated carbocycles. The van der Waals surface area contributed by atoms with Crippen LogP contribution in [-0.4, -0.2) is 10.9 Å². The number of carbonyl (C=O) groups is 1. The van der Waals surface area contributed by atoms with Gasteiger partial charge in [-0.05, 0) is 67.8 Å². The third-order valence-corrected chi connectivity index (χ3v) is 4.77. The summed E-state index contributed by atoms with van der Waals surface area (Å²) >= 11 is 0. The Morgan fingerprint density at radius 1 is 1.07 bits per heavy atom. The molecule has 2 aromatic carbocycles. The fourth-order valence-electron chi connectivity index (χ4n) is 3.03. The number of nitrogen functional groups attached to an aromatic ring is 1. The largest absolute Gasteiger partial charge is 0.457 e. The van der Waals surface area contributed by atoms with Crippen molar-refractivity contribution < 1.29 is 13.9 Å². The molecule has 0 fully saturated rings. The van der Waals surface area contributed by atoms with Gasteiger partial charge < -0.3 is 15.8 Å². The van der Waals surface area contributed by atoms with Crippen LogP contribution in [0.3, 0.4) is 0 Å². The molecule has 3 aromatic rings. The van der Waals surface area contributed by atoms with Crippen LogP contribution >= 0.6 is 0 Å². The fourth-order valence-corrected chi connectivity index (χ4v) is 3.03. The van der Waals surface area contributed by atoms with Crippen LogP contribution in [0.25, 0.3) is 0 Å². The number of benzene rings is 2. The van der Waals surface area contributed by atoms with Gasteiger partial charge in [0.2, 0.25) is 5.95 Å². The molecule has 0 radical (unpaired) electrons. The Labute approximate surface area is 176 Å². The van der Waals surface area contributed by atoms with E-state index in [0.717, 1.165) is 12.2 Å². The summed E-state index contributed by atoms with van der Waals surface area (Å²) in [5.74, 6) is 0.140. The van der Waals surface area contributed by atoms with Gasteiger partial charge in [0.15, 0.2) is 0 Å². The Kier molecular flexibility index (Phi) is 7.01. The summed E-state index contributed by atoms with van der Waals surface area (Å²) in [5.41, 5.74) is 7.93. The zero-order chi connectivity index (χ0) is 21.5. The number of hydrogen-bond donors (Lipinski definition) is 2. The predicted octanol–water partition coefficient (Wildman–Crippen LogP) is 5.89. The first-order chi connectivity index (χ1) is 14.5. The number of ether oxygens (including phenoxy) is 1. The highest BCUT2D eigenvalue weighted by Crippen LogP contribution is 2.24. The standard InChI is InChI=1S/C24H26FN3O2/c1-3-4-5-6-17-7-11-19(12-8-17)30-20-13-9-18(10-14-20)27-24(29)21-15-16(2)22(25)28-23(21)26/h7-15H,3-6H2,1-2H3,(H2,26,28)(H,27,29). The molecule has 30 heavy (non-hydrogen) atoms. The normalized spacial score (nSPS) is 10.6. The van der Waals surface area contributed by atoms with E-state index in [0.29, 0.717) is 11.4 Å². The topological polar surface area (TPSA) is 77.2 Å². The maximum Gasteiger partial charge on any atom is 0.259 e. The highest BCUT2D eigenvalue weighted by atomic mass is 19.1. The van der Waals surface area contributed by atoms with E-state index < -0.39 is 11.9 Å². The summed E-state index contributed by atoms with van der Waals surface area (Å²) in [7, 11) is 0. The lowest BCUT2D eigenvalue weighted by Gasteiger charge is -2.10. The number of amides is 1. The van der Waals surface area contributed by atoms with Gasteiger partial charge in [0, 0.05) is 11.3 Å². The Morgan fingerprint density at radius 2 is 1.70 bits per heavy atom. The number of pyridine rings is 1. The lowest BCUT2D eigenvalue weighted by molar-refractivity contribution is 0.102. The molecule has 1 heterocycles. The first kappa shape index (κ1) is 21.3. The van der Waals surface area contributed by atoms with Gasteiger partial charge in [-0.15, -0.1) is 0 Å². The average Bonchev–Trinajstić information content (AvgIpc) is 2.73. The second-order valence-corrected chi connectivity index (χ2v) is 7.21. The van der Waals surface area contributed by atoms with Crippen molar-refractivity contribution >= 4 is 17.4 Å². The first-order valence-corrected chi connectivity index (χ1v) is 10.1. The maximum absolute atomic E-state index is 13.4. The van der Waals surface area contributed by atoms with Crippen molar-refractivity contribution in [2.45, 2.75) is 39.5 Å². The zero-order valence-corrected chi connectivity index (χ0v) is 17.2. The number of nitrogens with one attached hydrogen (secondary N) is 1. The van der Waals surface area contributed by atoms with Crippen molar-refractivity contribution in [2.75, 3.05) is 11.1 Å². The lowest BCUT2D eigenvalue weighted by atomic mass is 10.1. The summed E-state index contributed by atoms with van der Waals surface area (Å²) in [6.07, 6.45) is 4.73. The molecule has 6 heteroatoms. The monoisotopic (exact) mass is 407 g/mol. The Balaban J connectivity index is 1.60. The fraction of sp³-hybridized carbons (Fsp3) is 0.250. The molecule has 0 unspecified atom stereocenters. The maximum atomic E-state index is 13.4. The van der Waals surface area contributed by atoms with Crippen molar-refractivity contribution in [3.05, 3.63) is 77.2 Å². The van der Waals surface area contributed by atoms with Crippen LogP contribution in [-0.2, 0) is 6.42 Å². The van der Waals surface area contributed by atoms with Crippen LogP contribution in [0.4, 0.5) is 15.9 Å². The SMILES string of the molecule is CCCCCc1ccc(Oc2ccc(NC(=O)c3cc(C)c(F)nc3N)cc2)cc1. The van der Waals surface area contributed by atoms with E-state index in [1.54, 1.807) is 24.3 Å². The second-order valence-electron chi connectivity index (χ2n) is 7.21. The van der Waals surface area contributed by atoms with Crippen LogP contribution in [0, 0.1) is 12.9 Å². The summed E-state index contributed by atoms with van der Waals surface area (Å²) in [4.78, 5) is 16.0. The Morgan fingerprint density at radius 3 is 2.33 bits per heavy atom. The molecule has 0 atom stereocenters. The highest BCUT2D eigenvalue weighted by Gasteiger charge is 2.14. The molecule has 0 aliphatic rings. The van der Waals surface area contributed by atoms with E-state index >= 15 is 0 Å². The van der Waals surface area contributed by atoms with E-state index in [-0.39, 0.29) is 16.9 Å². The number of unbranched alkanes of at least 4 members (excludes halogenated alkanes) is 2. The predicted molar refractivity (Wildman–Crippen MR) is 117 cm³/mol. The van der Waals surface area contributed by atoms with Gasteiger partial charge >= 0.3 is 0 Å². The second kappa shape index (κ2) is 9.87. The third-order valence-electron chi connectivity index (χ3n) is 4.77. The minimum absolute atomic E-state index is 0.133. The summed E-state index contributed by atoms with van der Waals surface area (Å²) < 4.78 is 19.3. The minimum Gasteiger partial charge on any atom is -0.457 e. The van der Waals surface area contributed by atoms with Crippen LogP contribution in [0.2, 0.25) is 0 Å². The van der Waals surface area contributed by atoms with Gasteiger partial charge in [0.25, 0.3) is 5.91 Å².